The van der Waals surface area contributed by atoms with Gasteiger partial charge in [-0.1, -0.05) is 26.2 Å². The normalized spacial score (nSPS) is 10.3. The first-order chi connectivity index (χ1) is 9.56. The maximum Gasteiger partial charge on any atom is 0.264 e. The molecule has 0 saturated heterocycles. The number of hydrogen-bond donors (Lipinski definition) is 2. The van der Waals surface area contributed by atoms with Gasteiger partial charge >= 0.3 is 0 Å². The van der Waals surface area contributed by atoms with Crippen LogP contribution in [0.3, 0.4) is 0 Å². The molecule has 0 aliphatic carbocycles. The molecule has 0 fully saturated rings. The van der Waals surface area contributed by atoms with E-state index in [0.717, 1.165) is 19.3 Å². The lowest BCUT2D eigenvalue weighted by molar-refractivity contribution is 0.0972. The number of hydrogen-bond acceptors (Lipinski definition) is 6. The van der Waals surface area contributed by atoms with Crippen molar-refractivity contribution in [3.05, 3.63) is 5.56 Å². The van der Waals surface area contributed by atoms with E-state index in [4.69, 9.17) is 9.47 Å². The molecule has 1 heterocycles. The monoisotopic (exact) mass is 283 g/mol. The molecule has 0 aliphatic heterocycles. The van der Waals surface area contributed by atoms with Crippen LogP contribution in [-0.2, 0) is 0 Å². The second-order valence-corrected chi connectivity index (χ2v) is 4.44. The summed E-state index contributed by atoms with van der Waals surface area (Å²) < 4.78 is 9.83. The van der Waals surface area contributed by atoms with Crippen molar-refractivity contribution in [3.63, 3.8) is 0 Å². The quantitative estimate of drug-likeness (QED) is 0.563. The second kappa shape index (κ2) is 7.57. The number of rotatable bonds is 8. The van der Waals surface area contributed by atoms with Crippen molar-refractivity contribution in [2.24, 2.45) is 0 Å². The third-order valence-corrected chi connectivity index (χ3v) is 3.01. The third kappa shape index (κ3) is 3.53. The van der Waals surface area contributed by atoms with Crippen molar-refractivity contribution in [1.82, 2.24) is 4.98 Å². The molecule has 112 valence electrons. The summed E-state index contributed by atoms with van der Waals surface area (Å²) in [6.45, 7) is 2.08. The average Bonchev–Trinajstić information content (AvgIpc) is 2.43. The fraction of sp³-hybridized carbons (Fsp3) is 0.571. The maximum absolute atomic E-state index is 12.1. The average molecular weight is 283 g/mol. The molecule has 6 nitrogen and oxygen atoms in total. The molecule has 0 spiro atoms. The molecule has 6 heteroatoms. The van der Waals surface area contributed by atoms with Crippen LogP contribution in [0.5, 0.6) is 23.3 Å². The van der Waals surface area contributed by atoms with Crippen molar-refractivity contribution in [1.29, 1.82) is 0 Å². The maximum atomic E-state index is 12.1. The lowest BCUT2D eigenvalue weighted by Crippen LogP contribution is -2.04. The number of carbonyl (C=O) groups is 1. The summed E-state index contributed by atoms with van der Waals surface area (Å²) in [4.78, 5) is 15.8. The van der Waals surface area contributed by atoms with Gasteiger partial charge in [0.25, 0.3) is 5.88 Å². The summed E-state index contributed by atoms with van der Waals surface area (Å²) >= 11 is 0. The number of nitrogens with zero attached hydrogens (tertiary/aromatic N) is 1. The molecule has 0 atom stereocenters. The Kier molecular flexibility index (Phi) is 6.09. The number of Topliss-reactive ketones (excluding diaryl/α,β-unsaturated/α-hetero) is 1. The highest BCUT2D eigenvalue weighted by Crippen LogP contribution is 2.41. The predicted octanol–water partition coefficient (Wildman–Crippen LogP) is 2.66. The largest absolute Gasteiger partial charge is 0.503 e. The first-order valence-electron chi connectivity index (χ1n) is 6.63. The molecular weight excluding hydrogens is 262 g/mol. The number of ether oxygens (including phenoxy) is 2. The van der Waals surface area contributed by atoms with E-state index < -0.39 is 11.6 Å². The first-order valence-corrected chi connectivity index (χ1v) is 6.63. The Labute approximate surface area is 118 Å². The van der Waals surface area contributed by atoms with Gasteiger partial charge in [-0.3, -0.25) is 4.79 Å². The number of unbranched alkanes of at least 4 members (excludes halogenated alkanes) is 3. The minimum absolute atomic E-state index is 0.0535. The van der Waals surface area contributed by atoms with Crippen LogP contribution in [0.15, 0.2) is 0 Å². The molecular formula is C14H21NO5. The third-order valence-electron chi connectivity index (χ3n) is 3.01. The molecule has 1 aromatic heterocycles. The van der Waals surface area contributed by atoms with Crippen LogP contribution in [0, 0.1) is 0 Å². The number of pyridine rings is 1. The summed E-state index contributed by atoms with van der Waals surface area (Å²) in [5.41, 5.74) is -0.209. The molecule has 1 rings (SSSR count). The number of aromatic hydroxyl groups is 2. The predicted molar refractivity (Wildman–Crippen MR) is 73.8 cm³/mol. The van der Waals surface area contributed by atoms with Gasteiger partial charge in [0.1, 0.15) is 5.56 Å². The molecule has 0 unspecified atom stereocenters. The Morgan fingerprint density at radius 1 is 1.15 bits per heavy atom. The van der Waals surface area contributed by atoms with E-state index in [0.29, 0.717) is 6.42 Å². The Morgan fingerprint density at radius 3 is 2.40 bits per heavy atom. The Hall–Kier alpha value is -1.98. The van der Waals surface area contributed by atoms with E-state index in [1.165, 1.54) is 14.2 Å². The van der Waals surface area contributed by atoms with Gasteiger partial charge in [0.05, 0.1) is 14.2 Å². The number of ketones is 1. The van der Waals surface area contributed by atoms with Crippen LogP contribution in [0.2, 0.25) is 0 Å². The van der Waals surface area contributed by atoms with Crippen LogP contribution in [0.4, 0.5) is 0 Å². The van der Waals surface area contributed by atoms with Crippen LogP contribution in [0.1, 0.15) is 49.4 Å². The van der Waals surface area contributed by atoms with E-state index in [1.807, 2.05) is 0 Å². The minimum Gasteiger partial charge on any atom is -0.503 e. The Morgan fingerprint density at radius 2 is 1.85 bits per heavy atom. The number of methoxy groups -OCH3 is 2. The summed E-state index contributed by atoms with van der Waals surface area (Å²) in [6.07, 6.45) is 4.01. The van der Waals surface area contributed by atoms with Gasteiger partial charge in [-0.15, -0.1) is 0 Å². The highest BCUT2D eigenvalue weighted by atomic mass is 16.5. The smallest absolute Gasteiger partial charge is 0.264 e. The van der Waals surface area contributed by atoms with Crippen molar-refractivity contribution in [2.45, 2.75) is 39.0 Å². The topological polar surface area (TPSA) is 88.9 Å². The lowest BCUT2D eigenvalue weighted by atomic mass is 10.0. The molecule has 0 aromatic carbocycles. The van der Waals surface area contributed by atoms with Crippen molar-refractivity contribution >= 4 is 5.78 Å². The zero-order chi connectivity index (χ0) is 15.1. The fourth-order valence-electron chi connectivity index (χ4n) is 1.94. The number of aromatic nitrogens is 1. The molecule has 0 saturated carbocycles. The van der Waals surface area contributed by atoms with Crippen LogP contribution >= 0.6 is 0 Å². The molecule has 1 aromatic rings. The van der Waals surface area contributed by atoms with Gasteiger partial charge in [-0.05, 0) is 6.42 Å². The standard InChI is InChI=1S/C14H21NO5/c1-4-5-6-7-8-9(16)10-11(17)12(19-2)14(20-3)15-13(10)18/h4-8H2,1-3H3,(H2,15,17,18). The second-order valence-electron chi connectivity index (χ2n) is 4.44. The zero-order valence-electron chi connectivity index (χ0n) is 12.1. The van der Waals surface area contributed by atoms with Crippen LogP contribution in [0.25, 0.3) is 0 Å². The van der Waals surface area contributed by atoms with Gasteiger partial charge < -0.3 is 19.7 Å². The molecule has 0 amide bonds. The van der Waals surface area contributed by atoms with Gasteiger partial charge in [0.15, 0.2) is 11.5 Å². The summed E-state index contributed by atoms with van der Waals surface area (Å²) in [5.74, 6) is -1.45. The lowest BCUT2D eigenvalue weighted by Gasteiger charge is -2.12. The highest BCUT2D eigenvalue weighted by Gasteiger charge is 2.25. The van der Waals surface area contributed by atoms with Gasteiger partial charge in [0, 0.05) is 6.42 Å². The van der Waals surface area contributed by atoms with Crippen molar-refractivity contribution in [2.75, 3.05) is 14.2 Å². The molecule has 0 aliphatic rings. The van der Waals surface area contributed by atoms with E-state index >= 15 is 0 Å². The Balaban J connectivity index is 2.97. The van der Waals surface area contributed by atoms with Crippen molar-refractivity contribution in [3.8, 4) is 23.3 Å². The van der Waals surface area contributed by atoms with Gasteiger partial charge in [0.2, 0.25) is 11.6 Å². The van der Waals surface area contributed by atoms with E-state index in [1.54, 1.807) is 0 Å². The summed E-state index contributed by atoms with van der Waals surface area (Å²) in [7, 11) is 2.65. The highest BCUT2D eigenvalue weighted by molar-refractivity contribution is 6.01. The molecule has 20 heavy (non-hydrogen) atoms. The van der Waals surface area contributed by atoms with Crippen LogP contribution < -0.4 is 9.47 Å². The summed E-state index contributed by atoms with van der Waals surface area (Å²) in [5, 5.41) is 19.8. The fourth-order valence-corrected chi connectivity index (χ4v) is 1.94. The zero-order valence-corrected chi connectivity index (χ0v) is 12.1. The van der Waals surface area contributed by atoms with E-state index in [-0.39, 0.29) is 29.4 Å². The van der Waals surface area contributed by atoms with Crippen LogP contribution in [-0.4, -0.2) is 35.2 Å². The SMILES string of the molecule is CCCCCCC(=O)c1c(O)nc(OC)c(OC)c1O. The molecule has 0 bridgehead atoms. The molecule has 2 N–H and O–H groups in total. The van der Waals surface area contributed by atoms with Crippen molar-refractivity contribution < 1.29 is 24.5 Å². The van der Waals surface area contributed by atoms with E-state index in [2.05, 4.69) is 11.9 Å². The number of carbonyl (C=O) groups excluding carboxylic acids is 1. The van der Waals surface area contributed by atoms with Gasteiger partial charge in [-0.2, -0.15) is 4.98 Å². The Bertz CT molecular complexity index is 473. The summed E-state index contributed by atoms with van der Waals surface area (Å²) in [6, 6.07) is 0. The molecule has 0 radical (unpaired) electrons. The van der Waals surface area contributed by atoms with Gasteiger partial charge in [-0.25, -0.2) is 0 Å². The minimum atomic E-state index is -0.541. The van der Waals surface area contributed by atoms with E-state index in [9.17, 15) is 15.0 Å². The first kappa shape index (κ1) is 16.1.